The number of aromatic nitrogens is 1. The van der Waals surface area contributed by atoms with Crippen molar-refractivity contribution in [3.63, 3.8) is 0 Å². The smallest absolute Gasteiger partial charge is 0.254 e. The summed E-state index contributed by atoms with van der Waals surface area (Å²) in [6.45, 7) is 5.06. The lowest BCUT2D eigenvalue weighted by atomic mass is 10.0. The molecule has 3 aromatic rings. The van der Waals surface area contributed by atoms with E-state index >= 15 is 0 Å². The number of carbonyl (C=O) groups excluding carboxylic acids is 1. The van der Waals surface area contributed by atoms with Gasteiger partial charge in [-0.25, -0.2) is 4.98 Å². The predicted octanol–water partition coefficient (Wildman–Crippen LogP) is 3.19. The summed E-state index contributed by atoms with van der Waals surface area (Å²) in [5.74, 6) is 0.783. The van der Waals surface area contributed by atoms with Crippen molar-refractivity contribution in [1.29, 1.82) is 0 Å². The predicted molar refractivity (Wildman–Crippen MR) is 127 cm³/mol. The first-order chi connectivity index (χ1) is 16.0. The molecule has 2 aromatic carbocycles. The molecular formula is C26H31N3O4. The van der Waals surface area contributed by atoms with Crippen LogP contribution in [0.1, 0.15) is 33.3 Å². The van der Waals surface area contributed by atoms with E-state index < -0.39 is 0 Å². The molecule has 0 saturated carbocycles. The topological polar surface area (TPSA) is 75.1 Å². The number of aliphatic hydroxyl groups excluding tert-OH is 1. The number of benzene rings is 2. The van der Waals surface area contributed by atoms with Gasteiger partial charge in [-0.2, -0.15) is 0 Å². The summed E-state index contributed by atoms with van der Waals surface area (Å²) >= 11 is 0. The first-order valence-electron chi connectivity index (χ1n) is 11.2. The number of likely N-dealkylation sites (N-methyl/N-ethyl adjacent to an activating group) is 1. The average Bonchev–Trinajstić information content (AvgIpc) is 2.83. The quantitative estimate of drug-likeness (QED) is 0.597. The molecule has 1 aliphatic rings. The number of nitrogens with zero attached hydrogens (tertiary/aromatic N) is 3. The van der Waals surface area contributed by atoms with Crippen LogP contribution >= 0.6 is 0 Å². The first kappa shape index (κ1) is 23.2. The van der Waals surface area contributed by atoms with E-state index in [2.05, 4.69) is 30.0 Å². The molecule has 0 spiro atoms. The molecule has 0 aliphatic carbocycles. The Morgan fingerprint density at radius 2 is 2.09 bits per heavy atom. The van der Waals surface area contributed by atoms with Crippen molar-refractivity contribution < 1.29 is 19.4 Å². The van der Waals surface area contributed by atoms with Crippen molar-refractivity contribution in [3.8, 4) is 5.75 Å². The monoisotopic (exact) mass is 449 g/mol. The zero-order valence-corrected chi connectivity index (χ0v) is 19.5. The van der Waals surface area contributed by atoms with E-state index in [9.17, 15) is 9.90 Å². The molecule has 1 aromatic heterocycles. The molecule has 0 bridgehead atoms. The second-order valence-corrected chi connectivity index (χ2v) is 8.42. The Morgan fingerprint density at radius 1 is 1.27 bits per heavy atom. The molecule has 1 atom stereocenters. The molecule has 1 N–H and O–H groups in total. The molecule has 4 rings (SSSR count). The third kappa shape index (κ3) is 5.00. The van der Waals surface area contributed by atoms with Gasteiger partial charge in [0, 0.05) is 44.2 Å². The van der Waals surface area contributed by atoms with Crippen LogP contribution in [0.3, 0.4) is 0 Å². The highest BCUT2D eigenvalue weighted by molar-refractivity contribution is 6.06. The van der Waals surface area contributed by atoms with Gasteiger partial charge in [0.05, 0.1) is 37.1 Å². The molecule has 7 nitrogen and oxygen atoms in total. The fourth-order valence-corrected chi connectivity index (χ4v) is 4.39. The highest BCUT2D eigenvalue weighted by atomic mass is 16.5. The van der Waals surface area contributed by atoms with Crippen molar-refractivity contribution in [3.05, 3.63) is 70.9 Å². The number of ether oxygens (including phenoxy) is 2. The molecule has 1 fully saturated rings. The Balaban J connectivity index is 1.62. The van der Waals surface area contributed by atoms with Gasteiger partial charge in [-0.15, -0.1) is 0 Å². The Labute approximate surface area is 194 Å². The second kappa shape index (κ2) is 10.3. The van der Waals surface area contributed by atoms with E-state index in [1.807, 2.05) is 30.3 Å². The van der Waals surface area contributed by atoms with E-state index in [-0.39, 0.29) is 25.2 Å². The largest absolute Gasteiger partial charge is 0.496 e. The number of hydrogen-bond acceptors (Lipinski definition) is 6. The summed E-state index contributed by atoms with van der Waals surface area (Å²) in [5.41, 5.74) is 4.34. The molecule has 1 saturated heterocycles. The van der Waals surface area contributed by atoms with Crippen molar-refractivity contribution in [2.45, 2.75) is 19.6 Å². The number of fused-ring (bicyclic) bond motifs is 1. The van der Waals surface area contributed by atoms with Crippen molar-refractivity contribution >= 4 is 16.8 Å². The number of morpholine rings is 1. The van der Waals surface area contributed by atoms with Crippen molar-refractivity contribution in [2.75, 3.05) is 47.0 Å². The number of pyridine rings is 1. The minimum absolute atomic E-state index is 0.0821. The fraction of sp³-hybridized carbons (Fsp3) is 0.385. The van der Waals surface area contributed by atoms with Gasteiger partial charge < -0.3 is 19.5 Å². The van der Waals surface area contributed by atoms with Crippen LogP contribution in [0, 0.1) is 6.92 Å². The molecule has 0 unspecified atom stereocenters. The summed E-state index contributed by atoms with van der Waals surface area (Å²) in [4.78, 5) is 21.8. The molecule has 2 heterocycles. The van der Waals surface area contributed by atoms with E-state index in [1.54, 1.807) is 14.2 Å². The zero-order valence-electron chi connectivity index (χ0n) is 19.5. The number of aliphatic hydroxyl groups is 1. The lowest BCUT2D eigenvalue weighted by Gasteiger charge is -2.33. The molecule has 0 radical (unpaired) electrons. The van der Waals surface area contributed by atoms with Crippen molar-refractivity contribution in [2.24, 2.45) is 0 Å². The summed E-state index contributed by atoms with van der Waals surface area (Å²) < 4.78 is 11.7. The first-order valence-corrected chi connectivity index (χ1v) is 11.2. The SMILES string of the molecule is COc1c(C)cccc1CN1CCO[C@@H](c2cc(C(=O)N(C)CCO)c3ccccc3n2)C1. The third-order valence-corrected chi connectivity index (χ3v) is 6.12. The lowest BCUT2D eigenvalue weighted by Crippen LogP contribution is -2.38. The number of aryl methyl sites for hydroxylation is 1. The van der Waals surface area contributed by atoms with Gasteiger partial charge in [0.2, 0.25) is 0 Å². The van der Waals surface area contributed by atoms with Gasteiger partial charge in [0.1, 0.15) is 11.9 Å². The normalized spacial score (nSPS) is 16.7. The third-order valence-electron chi connectivity index (χ3n) is 6.12. The van der Waals surface area contributed by atoms with Crippen LogP contribution < -0.4 is 4.74 Å². The van der Waals surface area contributed by atoms with Gasteiger partial charge in [-0.1, -0.05) is 36.4 Å². The molecule has 7 heteroatoms. The van der Waals surface area contributed by atoms with Crippen molar-refractivity contribution in [1.82, 2.24) is 14.8 Å². The average molecular weight is 450 g/mol. The van der Waals surface area contributed by atoms with Gasteiger partial charge in [0.15, 0.2) is 0 Å². The minimum Gasteiger partial charge on any atom is -0.496 e. The summed E-state index contributed by atoms with van der Waals surface area (Å²) in [6, 6.07) is 15.7. The highest BCUT2D eigenvalue weighted by Gasteiger charge is 2.26. The minimum atomic E-state index is -0.242. The fourth-order valence-electron chi connectivity index (χ4n) is 4.39. The summed E-state index contributed by atoms with van der Waals surface area (Å²) in [7, 11) is 3.40. The molecular weight excluding hydrogens is 418 g/mol. The number of methoxy groups -OCH3 is 1. The molecule has 174 valence electrons. The number of para-hydroxylation sites is 2. The Morgan fingerprint density at radius 3 is 2.88 bits per heavy atom. The molecule has 33 heavy (non-hydrogen) atoms. The Kier molecular flexibility index (Phi) is 7.23. The number of hydrogen-bond donors (Lipinski definition) is 1. The number of amides is 1. The summed E-state index contributed by atoms with van der Waals surface area (Å²) in [5, 5.41) is 10.1. The molecule has 1 aliphatic heterocycles. The van der Waals surface area contributed by atoms with Crippen LogP contribution in [0.5, 0.6) is 5.75 Å². The van der Waals surface area contributed by atoms with Crippen LogP contribution in [0.25, 0.3) is 10.9 Å². The van der Waals surface area contributed by atoms with Crippen LogP contribution in [-0.2, 0) is 11.3 Å². The second-order valence-electron chi connectivity index (χ2n) is 8.42. The van der Waals surface area contributed by atoms with Gasteiger partial charge in [-0.05, 0) is 24.6 Å². The maximum Gasteiger partial charge on any atom is 0.254 e. The number of carbonyl (C=O) groups is 1. The standard InChI is InChI=1S/C26H31N3O4/c1-18-7-6-8-19(25(18)32-3)16-29-12-14-33-24(17-29)23-15-21(26(31)28(2)11-13-30)20-9-4-5-10-22(20)27-23/h4-10,15,24,30H,11-14,16-17H2,1-3H3/t24-/m1/s1. The van der Waals surface area contributed by atoms with Gasteiger partial charge in [-0.3, -0.25) is 9.69 Å². The number of rotatable bonds is 7. The van der Waals surface area contributed by atoms with Crippen LogP contribution in [0.4, 0.5) is 0 Å². The maximum atomic E-state index is 13.1. The Hall–Kier alpha value is -3.00. The van der Waals surface area contributed by atoms with E-state index in [4.69, 9.17) is 14.5 Å². The van der Waals surface area contributed by atoms with Gasteiger partial charge >= 0.3 is 0 Å². The van der Waals surface area contributed by atoms with Crippen LogP contribution in [0.15, 0.2) is 48.5 Å². The van der Waals surface area contributed by atoms with E-state index in [0.717, 1.165) is 46.6 Å². The van der Waals surface area contributed by atoms with Crippen LogP contribution in [0.2, 0.25) is 0 Å². The highest BCUT2D eigenvalue weighted by Crippen LogP contribution is 2.29. The van der Waals surface area contributed by atoms with Gasteiger partial charge in [0.25, 0.3) is 5.91 Å². The zero-order chi connectivity index (χ0) is 23.4. The Bertz CT molecular complexity index is 1130. The van der Waals surface area contributed by atoms with E-state index in [1.165, 1.54) is 4.90 Å². The summed E-state index contributed by atoms with van der Waals surface area (Å²) in [6.07, 6.45) is -0.242. The lowest BCUT2D eigenvalue weighted by molar-refractivity contribution is -0.0350. The van der Waals surface area contributed by atoms with E-state index in [0.29, 0.717) is 18.7 Å². The van der Waals surface area contributed by atoms with Crippen LogP contribution in [-0.4, -0.2) is 72.8 Å². The molecule has 1 amide bonds. The maximum absolute atomic E-state index is 13.1.